The van der Waals surface area contributed by atoms with Gasteiger partial charge in [-0.1, -0.05) is 269 Å². The third-order valence-electron chi connectivity index (χ3n) is 13.3. The fourth-order valence-corrected chi connectivity index (χ4v) is 8.85. The predicted octanol–water partition coefficient (Wildman–Crippen LogP) is 16.4. The summed E-state index contributed by atoms with van der Waals surface area (Å²) < 4.78 is 0. The largest absolute Gasteiger partial charge is 0.394 e. The molecule has 0 rings (SSSR count). The highest BCUT2D eigenvalue weighted by Gasteiger charge is 2.28. The van der Waals surface area contributed by atoms with Crippen LogP contribution in [0.1, 0.15) is 296 Å². The maximum atomic E-state index is 12.6. The highest BCUT2D eigenvalue weighted by molar-refractivity contribution is 5.80. The Hall–Kier alpha value is -1.47. The van der Waals surface area contributed by atoms with Crippen LogP contribution in [0.4, 0.5) is 0 Å². The summed E-state index contributed by atoms with van der Waals surface area (Å²) in [7, 11) is 0. The second-order valence-electron chi connectivity index (χ2n) is 19.6. The number of carbonyl (C=O) groups excluding carboxylic acids is 1. The number of unbranched alkanes of at least 4 members (excludes halogenated alkanes) is 37. The molecule has 4 unspecified atom stereocenters. The van der Waals surface area contributed by atoms with Crippen molar-refractivity contribution in [3.8, 4) is 0 Å². The third-order valence-corrected chi connectivity index (χ3v) is 13.3. The lowest BCUT2D eigenvalue weighted by atomic mass is 10.00. The summed E-state index contributed by atoms with van der Waals surface area (Å²) in [5, 5.41) is 43.9. The van der Waals surface area contributed by atoms with Gasteiger partial charge in [0.25, 0.3) is 0 Å². The van der Waals surface area contributed by atoms with Crippen molar-refractivity contribution in [2.24, 2.45) is 0 Å². The maximum absolute atomic E-state index is 12.6. The second kappa shape index (κ2) is 52.5. The van der Waals surface area contributed by atoms with E-state index < -0.39 is 36.9 Å². The molecule has 0 aliphatic carbocycles. The molecule has 0 aliphatic rings. The molecule has 0 fully saturated rings. The van der Waals surface area contributed by atoms with Gasteiger partial charge < -0.3 is 25.7 Å². The molecule has 0 aromatic rings. The van der Waals surface area contributed by atoms with Gasteiger partial charge >= 0.3 is 0 Å². The number of amides is 1. The van der Waals surface area contributed by atoms with Crippen LogP contribution in [0.3, 0.4) is 0 Å². The van der Waals surface area contributed by atoms with Crippen LogP contribution < -0.4 is 5.32 Å². The molecule has 0 bridgehead atoms. The van der Waals surface area contributed by atoms with Crippen molar-refractivity contribution in [3.63, 3.8) is 0 Å². The van der Waals surface area contributed by atoms with E-state index >= 15 is 0 Å². The fourth-order valence-electron chi connectivity index (χ4n) is 8.85. The van der Waals surface area contributed by atoms with Crippen LogP contribution in [-0.2, 0) is 4.79 Å². The van der Waals surface area contributed by atoms with Crippen molar-refractivity contribution < 1.29 is 25.2 Å². The molecule has 0 aliphatic heterocycles. The Morgan fingerprint density at radius 3 is 0.984 bits per heavy atom. The van der Waals surface area contributed by atoms with E-state index in [-0.39, 0.29) is 0 Å². The topological polar surface area (TPSA) is 110 Å². The van der Waals surface area contributed by atoms with Crippen molar-refractivity contribution in [2.75, 3.05) is 6.61 Å². The maximum Gasteiger partial charge on any atom is 0.249 e. The first kappa shape index (κ1) is 62.5. The van der Waals surface area contributed by atoms with Gasteiger partial charge in [-0.3, -0.25) is 4.79 Å². The SMILES string of the molecule is CCCCCCCCC/C=C/CC/C=C/CC/C=C/CCCC(O)C(O)C(CO)NC(=O)C(O)CCCCCCCCCCCCCCCCCCCCCCCCCCCCCC. The molecule has 1 amide bonds. The number of carbonyl (C=O) groups is 1. The first-order valence-electron chi connectivity index (χ1n) is 28.4. The first-order valence-corrected chi connectivity index (χ1v) is 28.4. The number of allylic oxidation sites excluding steroid dienone is 6. The van der Waals surface area contributed by atoms with Gasteiger partial charge in [0.15, 0.2) is 0 Å². The zero-order valence-corrected chi connectivity index (χ0v) is 42.8. The standard InChI is InChI=1S/C58H111NO5/c1-3-5-7-9-11-13-15-17-19-21-23-25-26-27-28-29-30-31-32-34-36-38-40-42-44-46-48-50-52-56(62)58(64)59-54(53-60)57(63)55(61)51-49-47-45-43-41-39-37-35-33-24-22-20-18-16-14-12-10-8-6-4-2/h20,22,35,37,43,45,54-57,60-63H,3-19,21,23-34,36,38-42,44,46-53H2,1-2H3,(H,59,64)/b22-20+,37-35+,45-43+. The smallest absolute Gasteiger partial charge is 0.249 e. The van der Waals surface area contributed by atoms with Crippen LogP contribution in [-0.4, -0.2) is 57.3 Å². The molecule has 0 radical (unpaired) electrons. The zero-order chi connectivity index (χ0) is 46.7. The van der Waals surface area contributed by atoms with E-state index in [0.29, 0.717) is 19.3 Å². The van der Waals surface area contributed by atoms with E-state index in [9.17, 15) is 25.2 Å². The van der Waals surface area contributed by atoms with Gasteiger partial charge in [0.2, 0.25) is 5.91 Å². The van der Waals surface area contributed by atoms with Crippen molar-refractivity contribution in [2.45, 2.75) is 321 Å². The summed E-state index contributed by atoms with van der Waals surface area (Å²) in [5.74, 6) is -0.595. The Labute approximate surface area is 398 Å². The normalized spacial score (nSPS) is 14.0. The lowest BCUT2D eigenvalue weighted by Gasteiger charge is -2.27. The summed E-state index contributed by atoms with van der Waals surface area (Å²) in [6.07, 6.45) is 65.0. The summed E-state index contributed by atoms with van der Waals surface area (Å²) >= 11 is 0. The fraction of sp³-hybridized carbons (Fsp3) is 0.879. The van der Waals surface area contributed by atoms with Gasteiger partial charge in [0.05, 0.1) is 18.8 Å². The van der Waals surface area contributed by atoms with Crippen molar-refractivity contribution in [1.82, 2.24) is 5.32 Å². The molecule has 64 heavy (non-hydrogen) atoms. The number of rotatable bonds is 52. The van der Waals surface area contributed by atoms with E-state index in [0.717, 1.165) is 51.4 Å². The number of hydrogen-bond donors (Lipinski definition) is 5. The lowest BCUT2D eigenvalue weighted by molar-refractivity contribution is -0.132. The molecular formula is C58H111NO5. The summed E-state index contributed by atoms with van der Waals surface area (Å²) in [4.78, 5) is 12.6. The zero-order valence-electron chi connectivity index (χ0n) is 42.8. The average Bonchev–Trinajstić information content (AvgIpc) is 3.30. The minimum Gasteiger partial charge on any atom is -0.394 e. The van der Waals surface area contributed by atoms with E-state index in [4.69, 9.17) is 0 Å². The Kier molecular flexibility index (Phi) is 51.3. The van der Waals surface area contributed by atoms with Gasteiger partial charge in [-0.2, -0.15) is 0 Å². The predicted molar refractivity (Wildman–Crippen MR) is 279 cm³/mol. The Bertz CT molecular complexity index is 1010. The Morgan fingerprint density at radius 1 is 0.375 bits per heavy atom. The Balaban J connectivity index is 3.65. The number of nitrogens with one attached hydrogen (secondary N) is 1. The minimum atomic E-state index is -1.29. The molecule has 0 aromatic carbocycles. The lowest BCUT2D eigenvalue weighted by Crippen LogP contribution is -2.53. The quantitative estimate of drug-likeness (QED) is 0.0309. The van der Waals surface area contributed by atoms with Gasteiger partial charge in [-0.25, -0.2) is 0 Å². The number of aliphatic hydroxyl groups excluding tert-OH is 4. The Morgan fingerprint density at radius 2 is 0.656 bits per heavy atom. The monoisotopic (exact) mass is 902 g/mol. The molecule has 378 valence electrons. The number of aliphatic hydroxyl groups is 4. The minimum absolute atomic E-state index is 0.362. The average molecular weight is 903 g/mol. The van der Waals surface area contributed by atoms with E-state index in [1.807, 2.05) is 0 Å². The van der Waals surface area contributed by atoms with Crippen molar-refractivity contribution >= 4 is 5.91 Å². The van der Waals surface area contributed by atoms with Crippen LogP contribution >= 0.6 is 0 Å². The van der Waals surface area contributed by atoms with E-state index in [2.05, 4.69) is 55.6 Å². The highest BCUT2D eigenvalue weighted by Crippen LogP contribution is 2.18. The van der Waals surface area contributed by atoms with Crippen LogP contribution in [0.5, 0.6) is 0 Å². The van der Waals surface area contributed by atoms with Gasteiger partial charge in [-0.15, -0.1) is 0 Å². The van der Waals surface area contributed by atoms with Crippen molar-refractivity contribution in [3.05, 3.63) is 36.5 Å². The molecule has 6 heteroatoms. The molecule has 0 heterocycles. The molecule has 0 aromatic heterocycles. The highest BCUT2D eigenvalue weighted by atomic mass is 16.3. The third kappa shape index (κ3) is 45.7. The summed E-state index contributed by atoms with van der Waals surface area (Å²) in [5.41, 5.74) is 0. The first-order chi connectivity index (χ1) is 31.5. The van der Waals surface area contributed by atoms with Crippen LogP contribution in [0, 0.1) is 0 Å². The summed E-state index contributed by atoms with van der Waals surface area (Å²) in [6, 6.07) is -1.01. The van der Waals surface area contributed by atoms with E-state index in [1.54, 1.807) is 0 Å². The van der Waals surface area contributed by atoms with Gasteiger partial charge in [0, 0.05) is 0 Å². The van der Waals surface area contributed by atoms with Gasteiger partial charge in [-0.05, 0) is 64.2 Å². The van der Waals surface area contributed by atoms with Crippen LogP contribution in [0.15, 0.2) is 36.5 Å². The van der Waals surface area contributed by atoms with Crippen LogP contribution in [0.25, 0.3) is 0 Å². The molecule has 4 atom stereocenters. The second-order valence-corrected chi connectivity index (χ2v) is 19.6. The molecule has 5 N–H and O–H groups in total. The molecule has 0 saturated carbocycles. The van der Waals surface area contributed by atoms with Gasteiger partial charge in [0.1, 0.15) is 12.2 Å². The van der Waals surface area contributed by atoms with Crippen molar-refractivity contribution in [1.29, 1.82) is 0 Å². The molecule has 6 nitrogen and oxygen atoms in total. The molecule has 0 saturated heterocycles. The number of hydrogen-bond acceptors (Lipinski definition) is 5. The summed E-state index contributed by atoms with van der Waals surface area (Å²) in [6.45, 7) is 4.06. The van der Waals surface area contributed by atoms with E-state index in [1.165, 1.54) is 212 Å². The molecule has 0 spiro atoms. The van der Waals surface area contributed by atoms with Crippen LogP contribution in [0.2, 0.25) is 0 Å². The molecular weight excluding hydrogens is 791 g/mol.